The zero-order valence-corrected chi connectivity index (χ0v) is 17.3. The van der Waals surface area contributed by atoms with Crippen molar-refractivity contribution in [3.05, 3.63) is 36.0 Å². The molecule has 0 aliphatic heterocycles. The highest BCUT2D eigenvalue weighted by molar-refractivity contribution is 5.91. The molecule has 162 valence electrons. The molecule has 0 spiro atoms. The molecule has 1 heterocycles. The molecule has 5 N–H and O–H groups in total. The Morgan fingerprint density at radius 2 is 1.77 bits per heavy atom. The number of amides is 3. The van der Waals surface area contributed by atoms with Crippen LogP contribution >= 0.6 is 0 Å². The first kappa shape index (κ1) is 22.9. The van der Waals surface area contributed by atoms with Crippen molar-refractivity contribution in [1.29, 1.82) is 0 Å². The number of nitrogens with one attached hydrogen (secondary N) is 4. The Morgan fingerprint density at radius 3 is 2.40 bits per heavy atom. The molecule has 0 saturated carbocycles. The number of carboxylic acid groups (broad SMARTS) is 1. The highest BCUT2D eigenvalue weighted by Gasteiger charge is 2.24. The molecule has 30 heavy (non-hydrogen) atoms. The van der Waals surface area contributed by atoms with Crippen LogP contribution in [0.2, 0.25) is 0 Å². The maximum absolute atomic E-state index is 12.3. The molecule has 2 aromatic rings. The number of hydrogen-bond donors (Lipinski definition) is 5. The highest BCUT2D eigenvalue weighted by atomic mass is 16.4. The van der Waals surface area contributed by atoms with Gasteiger partial charge in [-0.15, -0.1) is 0 Å². The van der Waals surface area contributed by atoms with E-state index in [2.05, 4.69) is 20.9 Å². The van der Waals surface area contributed by atoms with Gasteiger partial charge in [-0.3, -0.25) is 14.4 Å². The minimum Gasteiger partial charge on any atom is -0.480 e. The SMILES string of the molecule is CC(=O)NC(CC(C)C)C(=O)NCC(=O)NC(Cc1c[nH]c2ccccc12)C(=O)O. The molecule has 1 aromatic heterocycles. The molecule has 0 saturated heterocycles. The van der Waals surface area contributed by atoms with E-state index in [1.54, 1.807) is 6.20 Å². The number of aliphatic carboxylic acids is 1. The lowest BCUT2D eigenvalue weighted by molar-refractivity contribution is -0.141. The third-order valence-electron chi connectivity index (χ3n) is 4.56. The number of benzene rings is 1. The van der Waals surface area contributed by atoms with Gasteiger partial charge in [0.2, 0.25) is 17.7 Å². The Morgan fingerprint density at radius 1 is 1.07 bits per heavy atom. The molecule has 0 aliphatic carbocycles. The predicted molar refractivity (Wildman–Crippen MR) is 112 cm³/mol. The van der Waals surface area contributed by atoms with Crippen LogP contribution in [-0.4, -0.2) is 52.4 Å². The van der Waals surface area contributed by atoms with Crippen LogP contribution in [0.25, 0.3) is 10.9 Å². The van der Waals surface area contributed by atoms with Crippen LogP contribution in [0.1, 0.15) is 32.8 Å². The van der Waals surface area contributed by atoms with E-state index in [4.69, 9.17) is 0 Å². The Balaban J connectivity index is 1.95. The second kappa shape index (κ2) is 10.4. The smallest absolute Gasteiger partial charge is 0.326 e. The summed E-state index contributed by atoms with van der Waals surface area (Å²) in [6, 6.07) is 5.58. The van der Waals surface area contributed by atoms with E-state index in [9.17, 15) is 24.3 Å². The molecule has 2 unspecified atom stereocenters. The zero-order valence-electron chi connectivity index (χ0n) is 17.3. The number of carbonyl (C=O) groups excluding carboxylic acids is 3. The van der Waals surface area contributed by atoms with Gasteiger partial charge < -0.3 is 26.0 Å². The largest absolute Gasteiger partial charge is 0.480 e. The number of H-pyrrole nitrogens is 1. The van der Waals surface area contributed by atoms with Gasteiger partial charge in [0.15, 0.2) is 0 Å². The number of rotatable bonds is 10. The maximum atomic E-state index is 12.3. The summed E-state index contributed by atoms with van der Waals surface area (Å²) in [6.45, 7) is 4.76. The third kappa shape index (κ3) is 6.61. The van der Waals surface area contributed by atoms with Crippen LogP contribution in [0, 0.1) is 5.92 Å². The van der Waals surface area contributed by atoms with Crippen LogP contribution in [0.3, 0.4) is 0 Å². The molecular formula is C21H28N4O5. The summed E-state index contributed by atoms with van der Waals surface area (Å²) in [5.41, 5.74) is 1.65. The first-order valence-electron chi connectivity index (χ1n) is 9.79. The van der Waals surface area contributed by atoms with Gasteiger partial charge in [0.1, 0.15) is 12.1 Å². The Labute approximate surface area is 174 Å². The van der Waals surface area contributed by atoms with E-state index in [-0.39, 0.29) is 24.8 Å². The van der Waals surface area contributed by atoms with Gasteiger partial charge in [0, 0.05) is 30.4 Å². The average molecular weight is 416 g/mol. The number of carboxylic acids is 1. The minimum atomic E-state index is -1.17. The van der Waals surface area contributed by atoms with Crippen molar-refractivity contribution in [1.82, 2.24) is 20.9 Å². The fourth-order valence-corrected chi connectivity index (χ4v) is 3.20. The molecular weight excluding hydrogens is 388 g/mol. The average Bonchev–Trinajstić information content (AvgIpc) is 3.07. The maximum Gasteiger partial charge on any atom is 0.326 e. The fourth-order valence-electron chi connectivity index (χ4n) is 3.20. The van der Waals surface area contributed by atoms with Crippen molar-refractivity contribution in [2.75, 3.05) is 6.54 Å². The van der Waals surface area contributed by atoms with Crippen molar-refractivity contribution in [2.45, 2.75) is 45.7 Å². The summed E-state index contributed by atoms with van der Waals surface area (Å²) in [5, 5.41) is 17.8. The van der Waals surface area contributed by atoms with E-state index in [1.165, 1.54) is 6.92 Å². The van der Waals surface area contributed by atoms with Gasteiger partial charge in [0.05, 0.1) is 6.54 Å². The van der Waals surface area contributed by atoms with Crippen molar-refractivity contribution in [3.63, 3.8) is 0 Å². The summed E-state index contributed by atoms with van der Waals surface area (Å²) < 4.78 is 0. The standard InChI is InChI=1S/C21H28N4O5/c1-12(2)8-17(24-13(3)26)20(28)23-11-19(27)25-18(21(29)30)9-14-10-22-16-7-5-4-6-15(14)16/h4-7,10,12,17-18,22H,8-9,11H2,1-3H3,(H,23,28)(H,24,26)(H,25,27)(H,29,30). The second-order valence-electron chi connectivity index (χ2n) is 7.62. The summed E-state index contributed by atoms with van der Waals surface area (Å²) in [4.78, 5) is 50.6. The molecule has 2 rings (SSSR count). The quantitative estimate of drug-likeness (QED) is 0.392. The van der Waals surface area contributed by atoms with Crippen LogP contribution in [0.15, 0.2) is 30.5 Å². The summed E-state index contributed by atoms with van der Waals surface area (Å²) in [7, 11) is 0. The van der Waals surface area contributed by atoms with Crippen molar-refractivity contribution in [3.8, 4) is 0 Å². The number of aromatic amines is 1. The van der Waals surface area contributed by atoms with Gasteiger partial charge in [-0.05, 0) is 24.0 Å². The number of para-hydroxylation sites is 1. The molecule has 0 aliphatic rings. The van der Waals surface area contributed by atoms with Gasteiger partial charge in [-0.2, -0.15) is 0 Å². The van der Waals surface area contributed by atoms with E-state index >= 15 is 0 Å². The van der Waals surface area contributed by atoms with Crippen LogP contribution < -0.4 is 16.0 Å². The lowest BCUT2D eigenvalue weighted by atomic mass is 10.0. The molecule has 9 nitrogen and oxygen atoms in total. The van der Waals surface area contributed by atoms with E-state index in [1.807, 2.05) is 38.1 Å². The molecule has 2 atom stereocenters. The van der Waals surface area contributed by atoms with E-state index in [0.717, 1.165) is 16.5 Å². The Hall–Kier alpha value is -3.36. The molecule has 1 aromatic carbocycles. The van der Waals surface area contributed by atoms with Crippen molar-refractivity contribution >= 4 is 34.6 Å². The van der Waals surface area contributed by atoms with Crippen LogP contribution in [-0.2, 0) is 25.6 Å². The van der Waals surface area contributed by atoms with Crippen molar-refractivity contribution in [2.24, 2.45) is 5.92 Å². The highest BCUT2D eigenvalue weighted by Crippen LogP contribution is 2.19. The van der Waals surface area contributed by atoms with Crippen molar-refractivity contribution < 1.29 is 24.3 Å². The number of aromatic nitrogens is 1. The lowest BCUT2D eigenvalue weighted by Crippen LogP contribution is -2.51. The van der Waals surface area contributed by atoms with Crippen LogP contribution in [0.4, 0.5) is 0 Å². The third-order valence-corrected chi connectivity index (χ3v) is 4.56. The summed E-state index contributed by atoms with van der Waals surface area (Å²) >= 11 is 0. The summed E-state index contributed by atoms with van der Waals surface area (Å²) in [5.74, 6) is -2.46. The monoisotopic (exact) mass is 416 g/mol. The first-order valence-corrected chi connectivity index (χ1v) is 9.79. The van der Waals surface area contributed by atoms with E-state index < -0.39 is 29.9 Å². The predicted octanol–water partition coefficient (Wildman–Crippen LogP) is 0.947. The first-order chi connectivity index (χ1) is 14.2. The number of hydrogen-bond acceptors (Lipinski definition) is 4. The van der Waals surface area contributed by atoms with E-state index in [0.29, 0.717) is 6.42 Å². The van der Waals surface area contributed by atoms with Crippen LogP contribution in [0.5, 0.6) is 0 Å². The lowest BCUT2D eigenvalue weighted by Gasteiger charge is -2.20. The molecule has 3 amide bonds. The fraction of sp³-hybridized carbons (Fsp3) is 0.429. The molecule has 0 bridgehead atoms. The number of carbonyl (C=O) groups is 4. The van der Waals surface area contributed by atoms with Gasteiger partial charge in [-0.25, -0.2) is 4.79 Å². The number of fused-ring (bicyclic) bond motifs is 1. The topological polar surface area (TPSA) is 140 Å². The van der Waals surface area contributed by atoms with Gasteiger partial charge in [0.25, 0.3) is 0 Å². The minimum absolute atomic E-state index is 0.0981. The normalized spacial score (nSPS) is 12.9. The molecule has 9 heteroatoms. The summed E-state index contributed by atoms with van der Waals surface area (Å²) in [6.07, 6.45) is 2.24. The zero-order chi connectivity index (χ0) is 22.3. The van der Waals surface area contributed by atoms with Gasteiger partial charge in [-0.1, -0.05) is 32.0 Å². The Bertz CT molecular complexity index is 921. The Kier molecular flexibility index (Phi) is 7.97. The molecule has 0 fully saturated rings. The van der Waals surface area contributed by atoms with Gasteiger partial charge >= 0.3 is 5.97 Å². The second-order valence-corrected chi connectivity index (χ2v) is 7.62. The molecule has 0 radical (unpaired) electrons.